The Hall–Kier alpha value is -3.01. The number of nitrogens with one attached hydrogen (secondary N) is 2. The molecule has 2 N–H and O–H groups in total. The van der Waals surface area contributed by atoms with Crippen molar-refractivity contribution in [1.82, 2.24) is 5.32 Å². The first kappa shape index (κ1) is 19.7. The summed E-state index contributed by atoms with van der Waals surface area (Å²) in [6.07, 6.45) is -3.77. The summed E-state index contributed by atoms with van der Waals surface area (Å²) in [4.78, 5) is 24.3. The molecule has 0 fully saturated rings. The number of benzene rings is 1. The first-order valence-electron chi connectivity index (χ1n) is 7.94. The molecule has 0 saturated heterocycles. The molecule has 1 aromatic carbocycles. The van der Waals surface area contributed by atoms with Gasteiger partial charge < -0.3 is 20.1 Å². The van der Waals surface area contributed by atoms with Gasteiger partial charge in [-0.3, -0.25) is 9.59 Å². The minimum Gasteiger partial charge on any atom is -0.497 e. The molecule has 1 aliphatic rings. The average Bonchev–Trinajstić information content (AvgIpc) is 3.22. The number of methoxy groups -OCH3 is 2. The van der Waals surface area contributed by atoms with Crippen molar-refractivity contribution in [2.24, 2.45) is 0 Å². The smallest absolute Gasteiger partial charge is 0.471 e. The first-order chi connectivity index (χ1) is 13.2. The quantitative estimate of drug-likeness (QED) is 0.733. The number of thiophene rings is 1. The maximum atomic E-state index is 12.7. The van der Waals surface area contributed by atoms with Crippen molar-refractivity contribution in [3.8, 4) is 11.5 Å². The molecule has 1 heterocycles. The second-order valence-corrected chi connectivity index (χ2v) is 6.70. The summed E-state index contributed by atoms with van der Waals surface area (Å²) in [6.45, 7) is 0. The zero-order valence-electron chi connectivity index (χ0n) is 14.7. The Morgan fingerprint density at radius 3 is 2.39 bits per heavy atom. The van der Waals surface area contributed by atoms with Crippen LogP contribution in [0.25, 0.3) is 0 Å². The SMILES string of the molecule is COc1cc(N/C=C2\C(=O)c3sccc3[C@H]2NC(=O)C(F)(F)F)cc(OC)c1. The van der Waals surface area contributed by atoms with E-state index in [1.165, 1.54) is 26.5 Å². The molecular weight excluding hydrogens is 397 g/mol. The fourth-order valence-corrected chi connectivity index (χ4v) is 3.63. The fraction of sp³-hybridized carbons (Fsp3) is 0.222. The molecule has 0 saturated carbocycles. The number of carbonyl (C=O) groups excluding carboxylic acids is 2. The predicted octanol–water partition coefficient (Wildman–Crippen LogP) is 3.68. The lowest BCUT2D eigenvalue weighted by atomic mass is 10.1. The van der Waals surface area contributed by atoms with Gasteiger partial charge in [0, 0.05) is 41.2 Å². The Morgan fingerprint density at radius 2 is 1.82 bits per heavy atom. The second-order valence-electron chi connectivity index (χ2n) is 5.78. The van der Waals surface area contributed by atoms with Gasteiger partial charge in [-0.25, -0.2) is 0 Å². The normalized spacial score (nSPS) is 17.4. The topological polar surface area (TPSA) is 76.7 Å². The Bertz CT molecular complexity index is 930. The molecule has 10 heteroatoms. The van der Waals surface area contributed by atoms with E-state index in [-0.39, 0.29) is 5.57 Å². The molecule has 1 atom stereocenters. The van der Waals surface area contributed by atoms with E-state index >= 15 is 0 Å². The minimum atomic E-state index is -5.06. The van der Waals surface area contributed by atoms with Crippen molar-refractivity contribution in [2.45, 2.75) is 12.2 Å². The third-order valence-corrected chi connectivity index (χ3v) is 4.99. The fourth-order valence-electron chi connectivity index (χ4n) is 2.73. The lowest BCUT2D eigenvalue weighted by Crippen LogP contribution is -2.39. The summed E-state index contributed by atoms with van der Waals surface area (Å²) >= 11 is 1.11. The van der Waals surface area contributed by atoms with E-state index in [9.17, 15) is 22.8 Å². The van der Waals surface area contributed by atoms with Crippen LogP contribution in [0.15, 0.2) is 41.4 Å². The van der Waals surface area contributed by atoms with E-state index in [4.69, 9.17) is 9.47 Å². The van der Waals surface area contributed by atoms with Crippen LogP contribution < -0.4 is 20.1 Å². The summed E-state index contributed by atoms with van der Waals surface area (Å²) in [7, 11) is 2.94. The summed E-state index contributed by atoms with van der Waals surface area (Å²) < 4.78 is 48.4. The van der Waals surface area contributed by atoms with E-state index in [2.05, 4.69) is 5.32 Å². The van der Waals surface area contributed by atoms with Crippen LogP contribution in [0, 0.1) is 0 Å². The number of fused-ring (bicyclic) bond motifs is 1. The number of ether oxygens (including phenoxy) is 2. The molecule has 1 aliphatic carbocycles. The zero-order valence-corrected chi connectivity index (χ0v) is 15.5. The lowest BCUT2D eigenvalue weighted by molar-refractivity contribution is -0.174. The van der Waals surface area contributed by atoms with E-state index in [0.717, 1.165) is 11.3 Å². The molecule has 148 valence electrons. The number of carbonyl (C=O) groups is 2. The molecular formula is C18H15F3N2O4S. The van der Waals surface area contributed by atoms with Crippen LogP contribution in [0.1, 0.15) is 21.3 Å². The van der Waals surface area contributed by atoms with Gasteiger partial charge in [0.25, 0.3) is 0 Å². The Kier molecular flexibility index (Phi) is 5.32. The molecule has 0 radical (unpaired) electrons. The highest BCUT2D eigenvalue weighted by Crippen LogP contribution is 2.39. The summed E-state index contributed by atoms with van der Waals surface area (Å²) in [5, 5.41) is 6.34. The molecule has 0 unspecified atom stereocenters. The molecule has 1 aromatic heterocycles. The molecule has 0 aliphatic heterocycles. The van der Waals surface area contributed by atoms with Crippen molar-refractivity contribution in [2.75, 3.05) is 19.5 Å². The van der Waals surface area contributed by atoms with Gasteiger partial charge in [-0.15, -0.1) is 11.3 Å². The van der Waals surface area contributed by atoms with Gasteiger partial charge >= 0.3 is 12.1 Å². The van der Waals surface area contributed by atoms with Crippen molar-refractivity contribution in [3.63, 3.8) is 0 Å². The number of rotatable bonds is 5. The monoisotopic (exact) mass is 412 g/mol. The number of halogens is 3. The highest BCUT2D eigenvalue weighted by molar-refractivity contribution is 7.12. The maximum Gasteiger partial charge on any atom is 0.471 e. The second kappa shape index (κ2) is 7.55. The van der Waals surface area contributed by atoms with Crippen molar-refractivity contribution in [1.29, 1.82) is 0 Å². The maximum absolute atomic E-state index is 12.7. The van der Waals surface area contributed by atoms with Crippen LogP contribution in [0.4, 0.5) is 18.9 Å². The average molecular weight is 412 g/mol. The summed E-state index contributed by atoms with van der Waals surface area (Å²) in [5.41, 5.74) is 0.831. The molecule has 6 nitrogen and oxygen atoms in total. The number of amides is 1. The molecule has 3 rings (SSSR count). The first-order valence-corrected chi connectivity index (χ1v) is 8.82. The molecule has 0 spiro atoms. The molecule has 2 aromatic rings. The third-order valence-electron chi connectivity index (χ3n) is 4.06. The minimum absolute atomic E-state index is 0.00115. The highest BCUT2D eigenvalue weighted by Gasteiger charge is 2.44. The zero-order chi connectivity index (χ0) is 20.5. The number of hydrogen-bond donors (Lipinski definition) is 2. The molecule has 28 heavy (non-hydrogen) atoms. The third kappa shape index (κ3) is 3.81. The van der Waals surface area contributed by atoms with Gasteiger partial charge in [0.2, 0.25) is 5.78 Å². The standard InChI is InChI=1S/C18H15F3N2O4S/c1-26-10-5-9(6-11(7-10)27-2)22-8-13-14(23-17(25)18(19,20)21)12-3-4-28-16(12)15(13)24/h3-8,14,22H,1-2H3,(H,23,25)/b13-8-/t14-/m1/s1. The molecule has 0 bridgehead atoms. The van der Waals surface area contributed by atoms with E-state index in [1.54, 1.807) is 23.6 Å². The summed E-state index contributed by atoms with van der Waals surface area (Å²) in [6, 6.07) is 5.22. The van der Waals surface area contributed by atoms with Crippen molar-refractivity contribution < 1.29 is 32.2 Å². The lowest BCUT2D eigenvalue weighted by Gasteiger charge is -2.16. The van der Waals surface area contributed by atoms with Gasteiger partial charge in [-0.05, 0) is 11.4 Å². The van der Waals surface area contributed by atoms with Gasteiger partial charge in [0.05, 0.1) is 25.1 Å². The van der Waals surface area contributed by atoms with Crippen molar-refractivity contribution >= 4 is 28.7 Å². The van der Waals surface area contributed by atoms with Crippen LogP contribution in [-0.2, 0) is 4.79 Å². The van der Waals surface area contributed by atoms with Gasteiger partial charge in [0.1, 0.15) is 11.5 Å². The predicted molar refractivity (Wildman–Crippen MR) is 96.8 cm³/mol. The Balaban J connectivity index is 1.91. The number of alkyl halides is 3. The molecule has 1 amide bonds. The van der Waals surface area contributed by atoms with Crippen LogP contribution >= 0.6 is 11.3 Å². The highest BCUT2D eigenvalue weighted by atomic mass is 32.1. The van der Waals surface area contributed by atoms with Gasteiger partial charge in [0.15, 0.2) is 0 Å². The van der Waals surface area contributed by atoms with Crippen molar-refractivity contribution in [3.05, 3.63) is 51.9 Å². The van der Waals surface area contributed by atoms with Gasteiger partial charge in [-0.2, -0.15) is 13.2 Å². The largest absolute Gasteiger partial charge is 0.497 e. The van der Waals surface area contributed by atoms with E-state index in [0.29, 0.717) is 27.6 Å². The van der Waals surface area contributed by atoms with Gasteiger partial charge in [-0.1, -0.05) is 0 Å². The number of Topliss-reactive ketones (excluding diaryl/α,β-unsaturated/α-hetero) is 1. The van der Waals surface area contributed by atoms with E-state index in [1.807, 2.05) is 5.32 Å². The summed E-state index contributed by atoms with van der Waals surface area (Å²) in [5.74, 6) is -1.59. The van der Waals surface area contributed by atoms with Crippen LogP contribution in [0.2, 0.25) is 0 Å². The van der Waals surface area contributed by atoms with Crippen LogP contribution in [-0.4, -0.2) is 32.1 Å². The van der Waals surface area contributed by atoms with E-state index < -0.39 is 23.9 Å². The Labute approximate surface area is 161 Å². The van der Waals surface area contributed by atoms with Crippen LogP contribution in [0.3, 0.4) is 0 Å². The number of hydrogen-bond acceptors (Lipinski definition) is 6. The number of anilines is 1. The number of ketones is 1. The Morgan fingerprint density at radius 1 is 1.18 bits per heavy atom. The van der Waals surface area contributed by atoms with Crippen LogP contribution in [0.5, 0.6) is 11.5 Å².